The summed E-state index contributed by atoms with van der Waals surface area (Å²) >= 11 is 0. The number of hydrogen-bond acceptors (Lipinski definition) is 5. The highest BCUT2D eigenvalue weighted by atomic mass is 16.6. The molecule has 1 atom stereocenters. The number of aromatic hydroxyl groups is 1. The van der Waals surface area contributed by atoms with Crippen LogP contribution in [-0.2, 0) is 5.79 Å². The molecule has 0 saturated heterocycles. The van der Waals surface area contributed by atoms with Gasteiger partial charge in [0.1, 0.15) is 22.8 Å². The molecular formula is C17H16O5. The van der Waals surface area contributed by atoms with Crippen molar-refractivity contribution in [2.75, 3.05) is 7.11 Å². The molecule has 0 bridgehead atoms. The number of ketones is 1. The van der Waals surface area contributed by atoms with E-state index < -0.39 is 5.79 Å². The van der Waals surface area contributed by atoms with E-state index in [0.29, 0.717) is 16.9 Å². The van der Waals surface area contributed by atoms with Gasteiger partial charge in [0.05, 0.1) is 13.5 Å². The molecule has 1 aliphatic heterocycles. The molecule has 0 unspecified atom stereocenters. The first kappa shape index (κ1) is 14.4. The second-order valence-electron chi connectivity index (χ2n) is 5.28. The van der Waals surface area contributed by atoms with Crippen molar-refractivity contribution in [3.05, 3.63) is 53.1 Å². The van der Waals surface area contributed by atoms with E-state index in [9.17, 15) is 15.0 Å². The van der Waals surface area contributed by atoms with Crippen LogP contribution >= 0.6 is 0 Å². The highest BCUT2D eigenvalue weighted by Crippen LogP contribution is 2.46. The number of carbonyl (C=O) groups is 1. The van der Waals surface area contributed by atoms with Crippen LogP contribution in [0.25, 0.3) is 0 Å². The first-order chi connectivity index (χ1) is 10.5. The first-order valence-corrected chi connectivity index (χ1v) is 6.87. The van der Waals surface area contributed by atoms with Gasteiger partial charge in [0.15, 0.2) is 5.78 Å². The molecule has 5 heteroatoms. The smallest absolute Gasteiger partial charge is 0.242 e. The second-order valence-corrected chi connectivity index (χ2v) is 5.28. The van der Waals surface area contributed by atoms with Gasteiger partial charge in [-0.1, -0.05) is 30.3 Å². The van der Waals surface area contributed by atoms with Crippen molar-refractivity contribution in [2.24, 2.45) is 0 Å². The fraction of sp³-hybridized carbons (Fsp3) is 0.235. The van der Waals surface area contributed by atoms with Crippen LogP contribution in [-0.4, -0.2) is 23.1 Å². The lowest BCUT2D eigenvalue weighted by Gasteiger charge is -2.34. The maximum atomic E-state index is 12.4. The number of hydrogen-bond donors (Lipinski definition) is 2. The fourth-order valence-electron chi connectivity index (χ4n) is 2.70. The zero-order valence-electron chi connectivity index (χ0n) is 12.3. The standard InChI is InChI=1S/C17H16O5/c1-10-14(21-2)8-12(18)15-13(19)9-17(20,22-16(10)15)11-6-4-3-5-7-11/h3-8,18,20H,9H2,1-2H3/t17-/m1/s1. The minimum Gasteiger partial charge on any atom is -0.507 e. The zero-order valence-corrected chi connectivity index (χ0v) is 12.3. The van der Waals surface area contributed by atoms with Crippen LogP contribution in [0, 0.1) is 6.92 Å². The number of benzene rings is 2. The van der Waals surface area contributed by atoms with Gasteiger partial charge in [0.25, 0.3) is 0 Å². The summed E-state index contributed by atoms with van der Waals surface area (Å²) in [6.07, 6.45) is -0.261. The van der Waals surface area contributed by atoms with Gasteiger partial charge in [-0.25, -0.2) is 0 Å². The van der Waals surface area contributed by atoms with E-state index in [0.717, 1.165) is 0 Å². The Hall–Kier alpha value is -2.53. The number of Topliss-reactive ketones (excluding diaryl/α,β-unsaturated/α-hetero) is 1. The van der Waals surface area contributed by atoms with E-state index in [1.54, 1.807) is 31.2 Å². The number of carbonyl (C=O) groups excluding carboxylic acids is 1. The Morgan fingerprint density at radius 3 is 2.59 bits per heavy atom. The summed E-state index contributed by atoms with van der Waals surface area (Å²) in [6.45, 7) is 1.71. The Kier molecular flexibility index (Phi) is 3.30. The van der Waals surface area contributed by atoms with Gasteiger partial charge < -0.3 is 19.7 Å². The molecule has 2 aromatic carbocycles. The number of phenols is 1. The maximum Gasteiger partial charge on any atom is 0.242 e. The van der Waals surface area contributed by atoms with Crippen LogP contribution in [0.15, 0.2) is 36.4 Å². The Morgan fingerprint density at radius 1 is 1.27 bits per heavy atom. The minimum absolute atomic E-state index is 0.0823. The third-order valence-corrected chi connectivity index (χ3v) is 3.86. The fourth-order valence-corrected chi connectivity index (χ4v) is 2.70. The van der Waals surface area contributed by atoms with Gasteiger partial charge in [0.2, 0.25) is 5.79 Å². The molecule has 1 aliphatic rings. The van der Waals surface area contributed by atoms with Crippen LogP contribution in [0.1, 0.15) is 27.9 Å². The summed E-state index contributed by atoms with van der Waals surface area (Å²) in [5.74, 6) is -1.80. The van der Waals surface area contributed by atoms with E-state index in [2.05, 4.69) is 0 Å². The van der Waals surface area contributed by atoms with Crippen molar-refractivity contribution in [1.29, 1.82) is 0 Å². The summed E-state index contributed by atoms with van der Waals surface area (Å²) < 4.78 is 10.9. The number of ether oxygens (including phenoxy) is 2. The molecule has 1 heterocycles. The van der Waals surface area contributed by atoms with Crippen molar-refractivity contribution in [3.63, 3.8) is 0 Å². The summed E-state index contributed by atoms with van der Waals surface area (Å²) in [4.78, 5) is 12.4. The van der Waals surface area contributed by atoms with Crippen molar-refractivity contribution in [2.45, 2.75) is 19.1 Å². The molecule has 0 spiro atoms. The van der Waals surface area contributed by atoms with E-state index in [1.807, 2.05) is 6.07 Å². The SMILES string of the molecule is COc1cc(O)c2c(c1C)O[C@@](O)(c1ccccc1)CC2=O. The van der Waals surface area contributed by atoms with Crippen molar-refractivity contribution in [1.82, 2.24) is 0 Å². The van der Waals surface area contributed by atoms with Gasteiger partial charge in [0, 0.05) is 17.2 Å². The lowest BCUT2D eigenvalue weighted by atomic mass is 9.91. The number of fused-ring (bicyclic) bond motifs is 1. The predicted molar refractivity (Wildman–Crippen MR) is 79.3 cm³/mol. The Morgan fingerprint density at radius 2 is 1.95 bits per heavy atom. The lowest BCUT2D eigenvalue weighted by Crippen LogP contribution is -2.39. The molecule has 0 aromatic heterocycles. The molecule has 0 fully saturated rings. The molecule has 5 nitrogen and oxygen atoms in total. The summed E-state index contributed by atoms with van der Waals surface area (Å²) in [6, 6.07) is 10.1. The molecule has 3 rings (SSSR count). The van der Waals surface area contributed by atoms with Crippen LogP contribution in [0.5, 0.6) is 17.2 Å². The van der Waals surface area contributed by atoms with Gasteiger partial charge in [-0.2, -0.15) is 0 Å². The largest absolute Gasteiger partial charge is 0.507 e. The maximum absolute atomic E-state index is 12.4. The summed E-state index contributed by atoms with van der Waals surface area (Å²) in [5.41, 5.74) is 1.12. The normalized spacial score (nSPS) is 20.2. The van der Waals surface area contributed by atoms with Crippen LogP contribution in [0.4, 0.5) is 0 Å². The third-order valence-electron chi connectivity index (χ3n) is 3.86. The Balaban J connectivity index is 2.17. The first-order valence-electron chi connectivity index (χ1n) is 6.87. The van der Waals surface area contributed by atoms with E-state index in [1.165, 1.54) is 13.2 Å². The molecule has 0 radical (unpaired) electrons. The zero-order chi connectivity index (χ0) is 15.9. The highest BCUT2D eigenvalue weighted by Gasteiger charge is 2.42. The number of rotatable bonds is 2. The molecule has 0 amide bonds. The predicted octanol–water partition coefficient (Wildman–Crippen LogP) is 2.52. The Bertz CT molecular complexity index is 738. The number of aliphatic hydroxyl groups is 1. The van der Waals surface area contributed by atoms with Gasteiger partial charge in [-0.3, -0.25) is 4.79 Å². The van der Waals surface area contributed by atoms with Crippen molar-refractivity contribution >= 4 is 5.78 Å². The molecule has 2 N–H and O–H groups in total. The molecular weight excluding hydrogens is 284 g/mol. The topological polar surface area (TPSA) is 76.0 Å². The van der Waals surface area contributed by atoms with E-state index in [-0.39, 0.29) is 29.3 Å². The molecule has 2 aromatic rings. The molecule has 114 valence electrons. The van der Waals surface area contributed by atoms with Crippen LogP contribution in [0.3, 0.4) is 0 Å². The lowest BCUT2D eigenvalue weighted by molar-refractivity contribution is -0.147. The molecule has 0 saturated carbocycles. The van der Waals surface area contributed by atoms with E-state index in [4.69, 9.17) is 9.47 Å². The number of phenolic OH excluding ortho intramolecular Hbond substituents is 1. The highest BCUT2D eigenvalue weighted by molar-refractivity contribution is 6.03. The van der Waals surface area contributed by atoms with Gasteiger partial charge in [-0.15, -0.1) is 0 Å². The monoisotopic (exact) mass is 300 g/mol. The quantitative estimate of drug-likeness (QED) is 0.891. The van der Waals surface area contributed by atoms with Gasteiger partial charge >= 0.3 is 0 Å². The van der Waals surface area contributed by atoms with Crippen molar-refractivity contribution < 1.29 is 24.5 Å². The van der Waals surface area contributed by atoms with E-state index >= 15 is 0 Å². The second kappa shape index (κ2) is 5.03. The molecule has 0 aliphatic carbocycles. The van der Waals surface area contributed by atoms with Gasteiger partial charge in [-0.05, 0) is 6.92 Å². The minimum atomic E-state index is -1.76. The average Bonchev–Trinajstić information content (AvgIpc) is 2.51. The summed E-state index contributed by atoms with van der Waals surface area (Å²) in [5, 5.41) is 20.8. The molecule has 22 heavy (non-hydrogen) atoms. The summed E-state index contributed by atoms with van der Waals surface area (Å²) in [7, 11) is 1.46. The Labute approximate surface area is 127 Å². The average molecular weight is 300 g/mol. The van der Waals surface area contributed by atoms with Crippen molar-refractivity contribution in [3.8, 4) is 17.2 Å². The number of methoxy groups -OCH3 is 1. The van der Waals surface area contributed by atoms with Crippen LogP contribution in [0.2, 0.25) is 0 Å². The third kappa shape index (κ3) is 2.10. The van der Waals surface area contributed by atoms with Crippen LogP contribution < -0.4 is 9.47 Å².